The number of hydrogen-bond donors (Lipinski definition) is 10. The van der Waals surface area contributed by atoms with E-state index in [4.69, 9.17) is 33.7 Å². The van der Waals surface area contributed by atoms with Crippen LogP contribution in [0.5, 0.6) is 0 Å². The van der Waals surface area contributed by atoms with Crippen LogP contribution in [0.3, 0.4) is 0 Å². The van der Waals surface area contributed by atoms with E-state index in [1.54, 1.807) is 0 Å². The second kappa shape index (κ2) is 23.9. The van der Waals surface area contributed by atoms with Crippen molar-refractivity contribution < 1.29 is 132 Å². The molecule has 4 rings (SSSR count). The normalized spacial score (nSPS) is 27.5. The number of ether oxygens (including phenoxy) is 4. The Morgan fingerprint density at radius 2 is 1.76 bits per heavy atom. The van der Waals surface area contributed by atoms with Crippen molar-refractivity contribution in [2.24, 2.45) is 5.92 Å². The summed E-state index contributed by atoms with van der Waals surface area (Å²) in [6.45, 7) is -3.46. The molecule has 0 spiro atoms. The fraction of sp³-hybridized carbons (Fsp3) is 0.636. The number of phosphoric acid groups is 1. The maximum atomic E-state index is 13.1. The molecule has 0 bridgehead atoms. The van der Waals surface area contributed by atoms with Gasteiger partial charge in [-0.3, -0.25) is 28.3 Å². The van der Waals surface area contributed by atoms with E-state index in [0.29, 0.717) is 4.90 Å². The van der Waals surface area contributed by atoms with Crippen molar-refractivity contribution in [1.29, 1.82) is 0 Å². The second-order valence-electron chi connectivity index (χ2n) is 13.9. The van der Waals surface area contributed by atoms with Gasteiger partial charge in [0.1, 0.15) is 42.3 Å². The number of nitrogen functional groups attached to an aromatic ring is 1. The van der Waals surface area contributed by atoms with Crippen LogP contribution >= 0.6 is 7.82 Å². The Morgan fingerprint density at radius 1 is 1.08 bits per heavy atom. The van der Waals surface area contributed by atoms with Crippen LogP contribution in [0, 0.1) is 5.92 Å². The minimum Gasteiger partial charge on any atom is -0.544 e. The number of rotatable bonds is 23. The zero-order chi connectivity index (χ0) is 45.9. The van der Waals surface area contributed by atoms with Crippen molar-refractivity contribution in [2.45, 2.75) is 80.4 Å². The van der Waals surface area contributed by atoms with Crippen LogP contribution in [0.4, 0.5) is 10.6 Å². The summed E-state index contributed by atoms with van der Waals surface area (Å²) in [5, 5.41) is 79.5. The largest absolute Gasteiger partial charge is 1.00 e. The predicted molar refractivity (Wildman–Crippen MR) is 195 cm³/mol. The Labute approximate surface area is 377 Å². The molecule has 28 nitrogen and oxygen atoms in total. The summed E-state index contributed by atoms with van der Waals surface area (Å²) in [4.78, 5) is 99.2. The SMILES string of the molecule is Nc1ccn([C@@H]2O[C@H](COP(=O)(O)OC3(C(=O)[O-])CC(O)C(CC(=O)CNC(=O)CCOCCCNC(=O)OCN4C(=O)C=CC4=O)C(C(O)[C@H](O)CO)O3)[C@H](O)C2O)c(=O)n1.[Na+]. The number of anilines is 1. The molecule has 63 heavy (non-hydrogen) atoms. The van der Waals surface area contributed by atoms with E-state index in [0.717, 1.165) is 22.9 Å². The van der Waals surface area contributed by atoms with Gasteiger partial charge in [0.2, 0.25) is 11.7 Å². The van der Waals surface area contributed by atoms with Gasteiger partial charge in [0, 0.05) is 56.7 Å². The number of ketones is 1. The van der Waals surface area contributed by atoms with E-state index in [1.165, 1.54) is 6.07 Å². The molecule has 4 heterocycles. The molecule has 3 aliphatic heterocycles. The zero-order valence-corrected chi connectivity index (χ0v) is 36.3. The van der Waals surface area contributed by atoms with Gasteiger partial charge in [0.15, 0.2) is 18.7 Å². The van der Waals surface area contributed by atoms with E-state index >= 15 is 0 Å². The summed E-state index contributed by atoms with van der Waals surface area (Å²) < 4.78 is 44.3. The van der Waals surface area contributed by atoms with Gasteiger partial charge in [0.25, 0.3) is 11.8 Å². The number of nitrogens with zero attached hydrogens (tertiary/aromatic N) is 3. The summed E-state index contributed by atoms with van der Waals surface area (Å²) in [5.74, 6) is -10.4. The van der Waals surface area contributed by atoms with Gasteiger partial charge in [-0.2, -0.15) is 4.98 Å². The molecule has 3 aliphatic rings. The van der Waals surface area contributed by atoms with E-state index in [2.05, 4.69) is 15.6 Å². The van der Waals surface area contributed by atoms with E-state index in [9.17, 15) is 78.8 Å². The van der Waals surface area contributed by atoms with Gasteiger partial charge in [-0.05, 0) is 12.5 Å². The number of aliphatic hydroxyl groups is 6. The number of Topliss-reactive ketones (excluding diaryl/α,β-unsaturated/α-hetero) is 1. The molecule has 0 saturated carbocycles. The molecule has 2 fully saturated rings. The van der Waals surface area contributed by atoms with E-state index in [1.807, 2.05) is 0 Å². The molecule has 11 atom stereocenters. The number of carbonyl (C=O) groups excluding carboxylic acids is 6. The fourth-order valence-electron chi connectivity index (χ4n) is 6.21. The van der Waals surface area contributed by atoms with Crippen LogP contribution in [0.15, 0.2) is 29.2 Å². The Balaban J connectivity index is 0.0000106. The van der Waals surface area contributed by atoms with Crippen LogP contribution < -0.4 is 56.7 Å². The fourth-order valence-corrected chi connectivity index (χ4v) is 7.16. The zero-order valence-electron chi connectivity index (χ0n) is 33.4. The standard InChI is InChI=1S/C33H47N6O22P.Na/c34-21-4-7-38(31(52)37-21)29-27(49)26(48)20(59-29)14-58-62(54,55)61-33(30(50)51)11-18(42)17(28(60-33)25(47)19(43)13-40)10-16(41)12-36-22(44)5-9-56-8-1-6-35-32(53)57-15-39-23(45)2-3-24(39)46;/h2-4,7,17-20,25-29,40,42-43,47-49H,1,5-6,8-15H2,(H,35,53)(H,36,44)(H,50,51)(H,54,55)(H2,34,37,52);/q;+1/p-1/t17?,18?,19-,20-,25?,26+,27?,28?,29-,33?;/m1./s1. The summed E-state index contributed by atoms with van der Waals surface area (Å²) in [6.07, 6.45) is -15.2. The van der Waals surface area contributed by atoms with Crippen molar-refractivity contribution in [2.75, 3.05) is 52.0 Å². The van der Waals surface area contributed by atoms with Gasteiger partial charge in [0.05, 0.1) is 38.6 Å². The van der Waals surface area contributed by atoms with E-state index in [-0.39, 0.29) is 68.0 Å². The van der Waals surface area contributed by atoms with Gasteiger partial charge in [-0.25, -0.2) is 23.6 Å². The summed E-state index contributed by atoms with van der Waals surface area (Å²) in [5.41, 5.74) is 4.45. The maximum absolute atomic E-state index is 13.1. The number of alkyl carbamates (subject to hydrolysis) is 1. The Bertz CT molecular complexity index is 1930. The molecule has 346 valence electrons. The quantitative estimate of drug-likeness (QED) is 0.0211. The number of carboxylic acids is 1. The molecule has 7 unspecified atom stereocenters. The minimum atomic E-state index is -5.69. The molecule has 1 aromatic heterocycles. The molecular formula is C33H46N6NaO22P. The first-order valence-corrected chi connectivity index (χ1v) is 20.1. The molecule has 0 radical (unpaired) electrons. The molecule has 1 aromatic rings. The summed E-state index contributed by atoms with van der Waals surface area (Å²) >= 11 is 0. The molecular weight excluding hydrogens is 886 g/mol. The minimum absolute atomic E-state index is 0. The van der Waals surface area contributed by atoms with Crippen LogP contribution in [0.1, 0.15) is 31.9 Å². The van der Waals surface area contributed by atoms with E-state index < -0.39 is 149 Å². The second-order valence-corrected chi connectivity index (χ2v) is 15.3. The number of nitrogens with one attached hydrogen (secondary N) is 2. The first kappa shape index (κ1) is 53.5. The number of nitrogens with two attached hydrogens (primary N) is 1. The van der Waals surface area contributed by atoms with Crippen molar-refractivity contribution >= 4 is 49.2 Å². The topological polar surface area (TPSA) is 428 Å². The van der Waals surface area contributed by atoms with Crippen molar-refractivity contribution in [3.63, 3.8) is 0 Å². The molecule has 11 N–H and O–H groups in total. The number of amides is 4. The van der Waals surface area contributed by atoms with Gasteiger partial charge >= 0.3 is 49.2 Å². The predicted octanol–water partition coefficient (Wildman–Crippen LogP) is -10.0. The number of carbonyl (C=O) groups is 6. The third kappa shape index (κ3) is 14.6. The Hall–Kier alpha value is -3.81. The van der Waals surface area contributed by atoms with Crippen LogP contribution in [0.25, 0.3) is 0 Å². The molecule has 0 aromatic carbocycles. The van der Waals surface area contributed by atoms with Gasteiger partial charge in [-0.1, -0.05) is 0 Å². The molecule has 30 heteroatoms. The van der Waals surface area contributed by atoms with Crippen LogP contribution in [-0.2, 0) is 56.5 Å². The van der Waals surface area contributed by atoms with Crippen LogP contribution in [0.2, 0.25) is 0 Å². The maximum Gasteiger partial charge on any atom is 1.00 e. The summed E-state index contributed by atoms with van der Waals surface area (Å²) in [6, 6.07) is 1.17. The molecule has 4 amide bonds. The number of aliphatic carboxylic acids is 1. The number of hydrogen-bond acceptors (Lipinski definition) is 23. The van der Waals surface area contributed by atoms with Crippen molar-refractivity contribution in [3.8, 4) is 0 Å². The monoisotopic (exact) mass is 932 g/mol. The molecule has 2 saturated heterocycles. The Kier molecular flexibility index (Phi) is 20.3. The smallest absolute Gasteiger partial charge is 0.544 e. The average molecular weight is 933 g/mol. The van der Waals surface area contributed by atoms with Gasteiger partial charge < -0.3 is 80.7 Å². The van der Waals surface area contributed by atoms with Crippen molar-refractivity contribution in [3.05, 3.63) is 34.9 Å². The Morgan fingerprint density at radius 3 is 2.40 bits per heavy atom. The first-order chi connectivity index (χ1) is 29.2. The van der Waals surface area contributed by atoms with Crippen molar-refractivity contribution in [1.82, 2.24) is 25.1 Å². The van der Waals surface area contributed by atoms with Gasteiger partial charge in [-0.15, -0.1) is 0 Å². The number of phosphoric ester groups is 1. The third-order valence-electron chi connectivity index (χ3n) is 9.46. The summed E-state index contributed by atoms with van der Waals surface area (Å²) in [7, 11) is -5.69. The average Bonchev–Trinajstić information content (AvgIpc) is 3.69. The third-order valence-corrected chi connectivity index (χ3v) is 10.5. The number of carboxylic acid groups (broad SMARTS) is 1. The number of aromatic nitrogens is 2. The first-order valence-electron chi connectivity index (χ1n) is 18.6. The number of imide groups is 1. The number of aliphatic hydroxyl groups excluding tert-OH is 6. The van der Waals surface area contributed by atoms with Crippen LogP contribution in [-0.4, -0.2) is 180 Å². The molecule has 0 aliphatic carbocycles.